The van der Waals surface area contributed by atoms with Gasteiger partial charge in [0.2, 0.25) is 0 Å². The maximum absolute atomic E-state index is 5.50. The number of hydrogen-bond acceptors (Lipinski definition) is 4. The molecule has 5 heterocycles. The Hall–Kier alpha value is -12.6. The van der Waals surface area contributed by atoms with Gasteiger partial charge in [0.15, 0.2) is 11.6 Å². The highest BCUT2D eigenvalue weighted by Gasteiger charge is 2.43. The fourth-order valence-electron chi connectivity index (χ4n) is 17.8. The molecular formula is C95H69N7. The van der Waals surface area contributed by atoms with Crippen LogP contribution in [0.15, 0.2) is 309 Å². The van der Waals surface area contributed by atoms with Crippen LogP contribution < -0.4 is 0 Å². The Morgan fingerprint density at radius 3 is 1.05 bits per heavy atom. The van der Waals surface area contributed by atoms with Gasteiger partial charge in [-0.3, -0.25) is 0 Å². The van der Waals surface area contributed by atoms with Crippen molar-refractivity contribution in [1.82, 2.24) is 33.6 Å². The molecule has 3 aliphatic carbocycles. The lowest BCUT2D eigenvalue weighted by Gasteiger charge is -2.24. The van der Waals surface area contributed by atoms with Crippen molar-refractivity contribution < 1.29 is 0 Å². The van der Waals surface area contributed by atoms with Crippen LogP contribution in [-0.4, -0.2) is 33.6 Å². The minimum Gasteiger partial charge on any atom is -0.309 e. The van der Waals surface area contributed by atoms with E-state index in [1.165, 1.54) is 110 Å². The number of nitrogens with zero attached hydrogens (tertiary/aromatic N) is 7. The monoisotopic (exact) mass is 1310 g/mol. The van der Waals surface area contributed by atoms with E-state index in [-0.39, 0.29) is 16.2 Å². The van der Waals surface area contributed by atoms with E-state index in [0.717, 1.165) is 84.8 Å². The van der Waals surface area contributed by atoms with Gasteiger partial charge in [0.1, 0.15) is 0 Å². The molecule has 0 N–H and O–H groups in total. The molecule has 0 atom stereocenters. The van der Waals surface area contributed by atoms with Crippen molar-refractivity contribution >= 4 is 65.4 Å². The second kappa shape index (κ2) is 22.2. The van der Waals surface area contributed by atoms with Gasteiger partial charge in [-0.05, 0) is 112 Å². The molecule has 102 heavy (non-hydrogen) atoms. The highest BCUT2D eigenvalue weighted by molar-refractivity contribution is 6.20. The van der Waals surface area contributed by atoms with Crippen LogP contribution in [0.1, 0.15) is 74.9 Å². The van der Waals surface area contributed by atoms with Gasteiger partial charge in [0, 0.05) is 98.8 Å². The van der Waals surface area contributed by atoms with Crippen LogP contribution >= 0.6 is 0 Å². The predicted molar refractivity (Wildman–Crippen MR) is 422 cm³/mol. The molecule has 0 bridgehead atoms. The van der Waals surface area contributed by atoms with Crippen molar-refractivity contribution in [2.24, 2.45) is 0 Å². The molecule has 0 spiro atoms. The van der Waals surface area contributed by atoms with Gasteiger partial charge >= 0.3 is 0 Å². The molecule has 0 fully saturated rings. The zero-order valence-corrected chi connectivity index (χ0v) is 57.6. The Bertz CT molecular complexity index is 6520. The van der Waals surface area contributed by atoms with E-state index in [0.29, 0.717) is 0 Å². The van der Waals surface area contributed by atoms with Crippen molar-refractivity contribution in [2.45, 2.75) is 57.8 Å². The SMILES string of the molecule is CC1(C)c2ccccc2-c2cc3c4ccccc4n(-c4ccccc4-c4nc(-c5ccccc5)c5c(n4)-c4ccccc4C5(C)C)c3cc21.CC1(C)c2ccccc2-c2nc(-c3ccccc3-n3c4ccccc4c4cc5c6ccccc6n(-c6ccccc6)c5cc43)nc(-c3ccccc3)c21. The van der Waals surface area contributed by atoms with Gasteiger partial charge in [0.05, 0.1) is 67.3 Å². The summed E-state index contributed by atoms with van der Waals surface area (Å²) >= 11 is 0. The fourth-order valence-corrected chi connectivity index (χ4v) is 17.8. The Morgan fingerprint density at radius 2 is 0.569 bits per heavy atom. The first-order valence-electron chi connectivity index (χ1n) is 35.5. The molecule has 13 aromatic carbocycles. The van der Waals surface area contributed by atoms with E-state index in [4.69, 9.17) is 19.9 Å². The quantitative estimate of drug-likeness (QED) is 0.159. The molecule has 0 saturated heterocycles. The van der Waals surface area contributed by atoms with E-state index < -0.39 is 0 Å². The molecule has 3 aliphatic rings. The summed E-state index contributed by atoms with van der Waals surface area (Å²) in [6.07, 6.45) is 0. The molecule has 7 nitrogen and oxygen atoms in total. The van der Waals surface area contributed by atoms with Crippen LogP contribution in [0, 0.1) is 0 Å². The van der Waals surface area contributed by atoms with Crippen LogP contribution in [0.5, 0.6) is 0 Å². The van der Waals surface area contributed by atoms with E-state index in [2.05, 4.69) is 365 Å². The molecule has 21 rings (SSSR count). The highest BCUT2D eigenvalue weighted by Crippen LogP contribution is 2.55. The fraction of sp³-hybridized carbons (Fsp3) is 0.0947. The Labute approximate surface area is 592 Å². The lowest BCUT2D eigenvalue weighted by Crippen LogP contribution is -2.17. The van der Waals surface area contributed by atoms with E-state index in [9.17, 15) is 0 Å². The first kappa shape index (κ1) is 59.5. The molecule has 5 aromatic heterocycles. The first-order valence-corrected chi connectivity index (χ1v) is 35.5. The van der Waals surface area contributed by atoms with Gasteiger partial charge < -0.3 is 13.7 Å². The van der Waals surface area contributed by atoms with Crippen molar-refractivity contribution in [3.63, 3.8) is 0 Å². The number of para-hydroxylation sites is 6. The molecule has 0 amide bonds. The molecule has 18 aromatic rings. The predicted octanol–water partition coefficient (Wildman–Crippen LogP) is 23.8. The zero-order chi connectivity index (χ0) is 68.3. The third-order valence-corrected chi connectivity index (χ3v) is 22.5. The molecular weight excluding hydrogens is 1240 g/mol. The number of rotatable bonds is 7. The van der Waals surface area contributed by atoms with E-state index in [1.54, 1.807) is 0 Å². The summed E-state index contributed by atoms with van der Waals surface area (Å²) in [6, 6.07) is 111. The number of hydrogen-bond donors (Lipinski definition) is 0. The van der Waals surface area contributed by atoms with Crippen LogP contribution in [0.25, 0.3) is 161 Å². The first-order chi connectivity index (χ1) is 49.9. The van der Waals surface area contributed by atoms with Crippen molar-refractivity contribution in [3.8, 4) is 96.0 Å². The van der Waals surface area contributed by atoms with Gasteiger partial charge in [-0.2, -0.15) is 0 Å². The summed E-state index contributed by atoms with van der Waals surface area (Å²) in [4.78, 5) is 21.9. The molecule has 0 saturated carbocycles. The Morgan fingerprint density at radius 1 is 0.225 bits per heavy atom. The lowest BCUT2D eigenvalue weighted by atomic mass is 9.81. The van der Waals surface area contributed by atoms with Crippen molar-refractivity contribution in [2.75, 3.05) is 0 Å². The van der Waals surface area contributed by atoms with E-state index >= 15 is 0 Å². The average molecular weight is 1310 g/mol. The minimum absolute atomic E-state index is 0.102. The second-order valence-electron chi connectivity index (χ2n) is 29.2. The van der Waals surface area contributed by atoms with Gasteiger partial charge in [-0.1, -0.05) is 272 Å². The Kier molecular flexibility index (Phi) is 13.0. The number of aromatic nitrogens is 7. The zero-order valence-electron chi connectivity index (χ0n) is 57.6. The van der Waals surface area contributed by atoms with Gasteiger partial charge in [0.25, 0.3) is 0 Å². The van der Waals surface area contributed by atoms with Crippen LogP contribution in [0.3, 0.4) is 0 Å². The third kappa shape index (κ3) is 8.61. The summed E-state index contributed by atoms with van der Waals surface area (Å²) in [5, 5.41) is 7.42. The minimum atomic E-state index is -0.245. The van der Waals surface area contributed by atoms with Crippen LogP contribution in [0.4, 0.5) is 0 Å². The van der Waals surface area contributed by atoms with Gasteiger partial charge in [-0.15, -0.1) is 0 Å². The molecule has 0 aliphatic heterocycles. The van der Waals surface area contributed by atoms with Crippen molar-refractivity contribution in [1.29, 1.82) is 0 Å². The topological polar surface area (TPSA) is 66.3 Å². The maximum Gasteiger partial charge on any atom is 0.162 e. The summed E-state index contributed by atoms with van der Waals surface area (Å²) < 4.78 is 7.26. The normalized spacial score (nSPS) is 14.0. The van der Waals surface area contributed by atoms with Crippen LogP contribution in [-0.2, 0) is 16.2 Å². The molecule has 0 unspecified atom stereocenters. The van der Waals surface area contributed by atoms with Crippen molar-refractivity contribution in [3.05, 3.63) is 343 Å². The number of fused-ring (bicyclic) bond motifs is 18. The summed E-state index contributed by atoms with van der Waals surface area (Å²) in [7, 11) is 0. The third-order valence-electron chi connectivity index (χ3n) is 22.5. The second-order valence-corrected chi connectivity index (χ2v) is 29.2. The van der Waals surface area contributed by atoms with Gasteiger partial charge in [-0.25, -0.2) is 19.9 Å². The largest absolute Gasteiger partial charge is 0.309 e. The highest BCUT2D eigenvalue weighted by atomic mass is 15.0. The molecule has 0 radical (unpaired) electrons. The molecule has 484 valence electrons. The summed E-state index contributed by atoms with van der Waals surface area (Å²) in [5.74, 6) is 1.46. The average Bonchev–Trinajstić information content (AvgIpc) is 1.56. The number of benzene rings is 13. The lowest BCUT2D eigenvalue weighted by molar-refractivity contribution is 0.657. The smallest absolute Gasteiger partial charge is 0.162 e. The Balaban J connectivity index is 0.000000137. The summed E-state index contributed by atoms with van der Waals surface area (Å²) in [6.45, 7) is 13.9. The van der Waals surface area contributed by atoms with Crippen LogP contribution in [0.2, 0.25) is 0 Å². The standard InChI is InChI=1S/C49H34N4.C46H35N3/c1-49(2)39-25-13-9-23-35(39)47-45(49)46(31-17-5-3-6-18-31)50-48(51-47)36-24-12-16-28-42(36)53-41-27-15-11-22-34(41)38-29-37-33-21-10-14-26-40(33)52(43(37)30-44(38)53)32-19-7-4-8-20-32;1-45(2)35-22-12-8-18-29(35)33-26-34-30-19-10-14-24-38(30)49(40(34)27-37(33)45)39-25-15-11-21-32(39)44-47-42(28-16-6-5-7-17-28)41-43(48-44)31-20-9-13-23-36(31)46(41,3)4/h3-30H,1-2H3;5-27H,1-4H3. The maximum atomic E-state index is 5.50. The summed E-state index contributed by atoms with van der Waals surface area (Å²) in [5.41, 5.74) is 30.7. The van der Waals surface area contributed by atoms with E-state index in [1.807, 2.05) is 0 Å². The molecule has 7 heteroatoms.